The van der Waals surface area contributed by atoms with E-state index >= 15 is 0 Å². The number of hydrazone groups is 1. The van der Waals surface area contributed by atoms with Gasteiger partial charge in [-0.15, -0.1) is 11.3 Å². The van der Waals surface area contributed by atoms with Crippen LogP contribution in [0.4, 0.5) is 10.8 Å². The number of rotatable bonds is 5. The molecular weight excluding hydrogens is 398 g/mol. The van der Waals surface area contributed by atoms with E-state index < -0.39 is 0 Å². The fourth-order valence-electron chi connectivity index (χ4n) is 3.81. The largest absolute Gasteiger partial charge is 0.297 e. The number of carbonyl (C=O) groups is 2. The van der Waals surface area contributed by atoms with Crippen LogP contribution in [0, 0.1) is 13.8 Å². The number of piperidine rings is 1. The molecule has 0 atom stereocenters. The molecular formula is C22H27N5O2S. The Hall–Kier alpha value is -2.58. The summed E-state index contributed by atoms with van der Waals surface area (Å²) in [6, 6.07) is 5.88. The number of aromatic nitrogens is 1. The third kappa shape index (κ3) is 4.76. The van der Waals surface area contributed by atoms with Crippen molar-refractivity contribution in [1.29, 1.82) is 0 Å². The molecule has 1 fully saturated rings. The van der Waals surface area contributed by atoms with E-state index in [0.29, 0.717) is 17.3 Å². The molecule has 2 aromatic rings. The maximum Gasteiger partial charge on any atom is 0.273 e. The first-order chi connectivity index (χ1) is 14.5. The van der Waals surface area contributed by atoms with Crippen LogP contribution in [0.2, 0.25) is 0 Å². The molecule has 1 saturated heterocycles. The molecule has 1 N–H and O–H groups in total. The van der Waals surface area contributed by atoms with Gasteiger partial charge in [0.05, 0.1) is 11.4 Å². The quantitative estimate of drug-likeness (QED) is 0.789. The van der Waals surface area contributed by atoms with Gasteiger partial charge in [0.15, 0.2) is 5.13 Å². The number of anilines is 2. The zero-order valence-corrected chi connectivity index (χ0v) is 18.3. The number of aryl methyl sites for hydroxylation is 2. The Morgan fingerprint density at radius 3 is 2.77 bits per heavy atom. The molecule has 2 aliphatic heterocycles. The normalized spacial score (nSPS) is 17.7. The maximum absolute atomic E-state index is 12.8. The number of nitrogens with zero attached hydrogens (tertiary/aromatic N) is 4. The molecule has 0 unspecified atom stereocenters. The van der Waals surface area contributed by atoms with E-state index in [-0.39, 0.29) is 18.2 Å². The van der Waals surface area contributed by atoms with E-state index in [0.717, 1.165) is 42.1 Å². The van der Waals surface area contributed by atoms with Crippen LogP contribution in [0.15, 0.2) is 28.7 Å². The zero-order chi connectivity index (χ0) is 21.1. The van der Waals surface area contributed by atoms with E-state index in [1.807, 2.05) is 37.4 Å². The Morgan fingerprint density at radius 2 is 1.97 bits per heavy atom. The Bertz CT molecular complexity index is 978. The first-order valence-corrected chi connectivity index (χ1v) is 11.3. The van der Waals surface area contributed by atoms with Crippen molar-refractivity contribution in [3.63, 3.8) is 0 Å². The molecule has 0 aliphatic carbocycles. The van der Waals surface area contributed by atoms with Gasteiger partial charge < -0.3 is 0 Å². The highest BCUT2D eigenvalue weighted by Gasteiger charge is 2.27. The Balaban J connectivity index is 1.45. The van der Waals surface area contributed by atoms with E-state index in [2.05, 4.69) is 20.3 Å². The van der Waals surface area contributed by atoms with Crippen molar-refractivity contribution in [3.05, 3.63) is 40.4 Å². The van der Waals surface area contributed by atoms with E-state index in [4.69, 9.17) is 0 Å². The standard InChI is InChI=1S/C22H27N5O2S/c1-15-6-7-16(2)19(12-15)27-20(28)9-8-18(25-27)21(29)24-22-23-17(14-30-22)13-26-10-4-3-5-11-26/h6-7,12,14H,3-5,8-11,13H2,1-2H3,(H,23,24,29). The van der Waals surface area contributed by atoms with Gasteiger partial charge in [0.25, 0.3) is 5.91 Å². The lowest BCUT2D eigenvalue weighted by atomic mass is 10.1. The van der Waals surface area contributed by atoms with Crippen molar-refractivity contribution < 1.29 is 9.59 Å². The molecule has 2 amide bonds. The smallest absolute Gasteiger partial charge is 0.273 e. The predicted octanol–water partition coefficient (Wildman–Crippen LogP) is 3.87. The number of benzene rings is 1. The first kappa shape index (κ1) is 20.7. The van der Waals surface area contributed by atoms with Crippen molar-refractivity contribution in [2.75, 3.05) is 23.4 Å². The molecule has 0 saturated carbocycles. The van der Waals surface area contributed by atoms with E-state index in [1.165, 1.54) is 35.6 Å². The third-order valence-electron chi connectivity index (χ3n) is 5.49. The van der Waals surface area contributed by atoms with Crippen molar-refractivity contribution in [2.45, 2.75) is 52.5 Å². The second-order valence-corrected chi connectivity index (χ2v) is 8.84. The van der Waals surface area contributed by atoms with Crippen LogP contribution >= 0.6 is 11.3 Å². The Labute approximate surface area is 180 Å². The highest BCUT2D eigenvalue weighted by molar-refractivity contribution is 7.14. The van der Waals surface area contributed by atoms with Gasteiger partial charge in [0.2, 0.25) is 5.91 Å². The van der Waals surface area contributed by atoms with Crippen LogP contribution in [0.25, 0.3) is 0 Å². The molecule has 0 bridgehead atoms. The lowest BCUT2D eigenvalue weighted by Gasteiger charge is -2.25. The average molecular weight is 426 g/mol. The number of nitrogens with one attached hydrogen (secondary N) is 1. The van der Waals surface area contributed by atoms with Gasteiger partial charge in [0, 0.05) is 24.8 Å². The van der Waals surface area contributed by atoms with Crippen molar-refractivity contribution >= 4 is 39.7 Å². The number of carbonyl (C=O) groups excluding carboxylic acids is 2. The van der Waals surface area contributed by atoms with Crippen LogP contribution < -0.4 is 10.3 Å². The summed E-state index contributed by atoms with van der Waals surface area (Å²) in [5, 5.41) is 11.2. The summed E-state index contributed by atoms with van der Waals surface area (Å²) in [5.41, 5.74) is 4.04. The molecule has 0 spiro atoms. The number of hydrogen-bond donors (Lipinski definition) is 1. The SMILES string of the molecule is Cc1ccc(C)c(N2N=C(C(=O)Nc3nc(CN4CCCCC4)cs3)CCC2=O)c1. The zero-order valence-electron chi connectivity index (χ0n) is 17.5. The molecule has 30 heavy (non-hydrogen) atoms. The summed E-state index contributed by atoms with van der Waals surface area (Å²) in [6.07, 6.45) is 4.38. The van der Waals surface area contributed by atoms with Crippen molar-refractivity contribution in [1.82, 2.24) is 9.88 Å². The van der Waals surface area contributed by atoms with Crippen LogP contribution in [-0.4, -0.2) is 40.5 Å². The average Bonchev–Trinajstić information content (AvgIpc) is 3.17. The van der Waals surface area contributed by atoms with Crippen molar-refractivity contribution in [3.8, 4) is 0 Å². The van der Waals surface area contributed by atoms with Gasteiger partial charge >= 0.3 is 0 Å². The van der Waals surface area contributed by atoms with Crippen molar-refractivity contribution in [2.24, 2.45) is 5.10 Å². The summed E-state index contributed by atoms with van der Waals surface area (Å²) in [5.74, 6) is -0.394. The minimum atomic E-state index is -0.295. The molecule has 158 valence electrons. The number of likely N-dealkylation sites (tertiary alicyclic amines) is 1. The monoisotopic (exact) mass is 425 g/mol. The summed E-state index contributed by atoms with van der Waals surface area (Å²) in [4.78, 5) is 32.2. The van der Waals surface area contributed by atoms with Gasteiger partial charge in [-0.05, 0) is 57.0 Å². The predicted molar refractivity (Wildman–Crippen MR) is 120 cm³/mol. The lowest BCUT2D eigenvalue weighted by Crippen LogP contribution is -2.36. The third-order valence-corrected chi connectivity index (χ3v) is 6.30. The van der Waals surface area contributed by atoms with E-state index in [9.17, 15) is 9.59 Å². The molecule has 7 nitrogen and oxygen atoms in total. The second-order valence-electron chi connectivity index (χ2n) is 7.98. The highest BCUT2D eigenvalue weighted by Crippen LogP contribution is 2.26. The summed E-state index contributed by atoms with van der Waals surface area (Å²) in [7, 11) is 0. The molecule has 8 heteroatoms. The van der Waals surface area contributed by atoms with Crippen LogP contribution in [0.1, 0.15) is 48.9 Å². The number of amides is 2. The van der Waals surface area contributed by atoms with Crippen LogP contribution in [0.5, 0.6) is 0 Å². The van der Waals surface area contributed by atoms with Gasteiger partial charge in [0.1, 0.15) is 5.71 Å². The molecule has 1 aromatic heterocycles. The lowest BCUT2D eigenvalue weighted by molar-refractivity contribution is -0.118. The summed E-state index contributed by atoms with van der Waals surface area (Å²) in [6.45, 7) is 6.95. The van der Waals surface area contributed by atoms with Gasteiger partial charge in [-0.25, -0.2) is 9.99 Å². The summed E-state index contributed by atoms with van der Waals surface area (Å²) < 4.78 is 0. The van der Waals surface area contributed by atoms with Crippen LogP contribution in [-0.2, 0) is 16.1 Å². The Kier molecular flexibility index (Phi) is 6.24. The Morgan fingerprint density at radius 1 is 1.17 bits per heavy atom. The minimum absolute atomic E-state index is 0.0988. The van der Waals surface area contributed by atoms with Gasteiger partial charge in [-0.1, -0.05) is 18.6 Å². The van der Waals surface area contributed by atoms with E-state index in [1.54, 1.807) is 0 Å². The number of hydrogen-bond acceptors (Lipinski definition) is 6. The maximum atomic E-state index is 12.8. The topological polar surface area (TPSA) is 77.9 Å². The summed E-state index contributed by atoms with van der Waals surface area (Å²) >= 11 is 1.43. The second kappa shape index (κ2) is 9.06. The molecule has 2 aliphatic rings. The van der Waals surface area contributed by atoms with Gasteiger partial charge in [-0.2, -0.15) is 5.10 Å². The fraction of sp³-hybridized carbons (Fsp3) is 0.455. The van der Waals surface area contributed by atoms with Crippen LogP contribution in [0.3, 0.4) is 0 Å². The fourth-order valence-corrected chi connectivity index (χ4v) is 4.50. The highest BCUT2D eigenvalue weighted by atomic mass is 32.1. The van der Waals surface area contributed by atoms with Gasteiger partial charge in [-0.3, -0.25) is 19.8 Å². The first-order valence-electron chi connectivity index (χ1n) is 10.5. The number of thiazole rings is 1. The molecule has 4 rings (SSSR count). The molecule has 0 radical (unpaired) electrons. The molecule has 3 heterocycles. The minimum Gasteiger partial charge on any atom is -0.297 e. The molecule has 1 aromatic carbocycles.